The van der Waals surface area contributed by atoms with Crippen LogP contribution in [0.15, 0.2) is 48.5 Å². The molecule has 2 aromatic carbocycles. The van der Waals surface area contributed by atoms with E-state index in [9.17, 15) is 0 Å². The third-order valence-electron chi connectivity index (χ3n) is 4.37. The molecule has 0 atom stereocenters. The molecule has 0 saturated heterocycles. The fourth-order valence-electron chi connectivity index (χ4n) is 3.34. The fourth-order valence-corrected chi connectivity index (χ4v) is 3.34. The van der Waals surface area contributed by atoms with E-state index in [0.29, 0.717) is 6.61 Å². The monoisotopic (exact) mass is 304 g/mol. The molecule has 1 aromatic heterocycles. The van der Waals surface area contributed by atoms with E-state index in [4.69, 9.17) is 9.72 Å². The number of ether oxygens (including phenoxy) is 1. The summed E-state index contributed by atoms with van der Waals surface area (Å²) in [5, 5.41) is 4.82. The predicted octanol–water partition coefficient (Wildman–Crippen LogP) is 4.87. The molecule has 1 N–H and O–H groups in total. The number of rotatable bonds is 4. The van der Waals surface area contributed by atoms with Gasteiger partial charge >= 0.3 is 0 Å². The first kappa shape index (κ1) is 14.1. The Hall–Kier alpha value is -2.55. The zero-order valence-corrected chi connectivity index (χ0v) is 13.3. The molecule has 1 aliphatic rings. The summed E-state index contributed by atoms with van der Waals surface area (Å²) in [5.41, 5.74) is 5.86. The third-order valence-corrected chi connectivity index (χ3v) is 4.37. The van der Waals surface area contributed by atoms with Gasteiger partial charge in [0.25, 0.3) is 0 Å². The molecule has 0 spiro atoms. The van der Waals surface area contributed by atoms with Crippen molar-refractivity contribution in [3.63, 3.8) is 0 Å². The number of hydrogen-bond donors (Lipinski definition) is 1. The lowest BCUT2D eigenvalue weighted by Crippen LogP contribution is -2.02. The lowest BCUT2D eigenvalue weighted by atomic mass is 10.1. The number of hydrogen-bond acceptors (Lipinski definition) is 3. The average molecular weight is 304 g/mol. The Labute approximate surface area is 136 Å². The zero-order chi connectivity index (χ0) is 15.6. The number of aromatic nitrogens is 1. The number of pyridine rings is 1. The fraction of sp³-hybridized carbons (Fsp3) is 0.250. The molecule has 23 heavy (non-hydrogen) atoms. The molecule has 0 amide bonds. The minimum atomic E-state index is 0.661. The first-order valence-electron chi connectivity index (χ1n) is 8.26. The van der Waals surface area contributed by atoms with Gasteiger partial charge in [-0.05, 0) is 49.9 Å². The minimum Gasteiger partial charge on any atom is -0.492 e. The van der Waals surface area contributed by atoms with Gasteiger partial charge in [-0.2, -0.15) is 0 Å². The summed E-state index contributed by atoms with van der Waals surface area (Å²) < 4.78 is 5.76. The van der Waals surface area contributed by atoms with Crippen LogP contribution in [0.3, 0.4) is 0 Å². The van der Waals surface area contributed by atoms with Gasteiger partial charge in [0.15, 0.2) is 0 Å². The van der Waals surface area contributed by atoms with E-state index in [0.717, 1.165) is 29.8 Å². The topological polar surface area (TPSA) is 34.1 Å². The number of benzene rings is 2. The summed E-state index contributed by atoms with van der Waals surface area (Å²) in [5.74, 6) is 0.891. The molecule has 3 aromatic rings. The number of nitrogens with one attached hydrogen (secondary N) is 1. The lowest BCUT2D eigenvalue weighted by Gasteiger charge is -2.17. The summed E-state index contributed by atoms with van der Waals surface area (Å²) in [6.45, 7) is 2.67. The second kappa shape index (κ2) is 5.92. The van der Waals surface area contributed by atoms with Crippen molar-refractivity contribution in [3.8, 4) is 5.75 Å². The molecule has 0 unspecified atom stereocenters. The summed E-state index contributed by atoms with van der Waals surface area (Å²) in [4.78, 5) is 4.85. The van der Waals surface area contributed by atoms with Crippen molar-refractivity contribution < 1.29 is 4.74 Å². The van der Waals surface area contributed by atoms with Gasteiger partial charge in [-0.1, -0.05) is 30.3 Å². The van der Waals surface area contributed by atoms with Crippen LogP contribution in [0.4, 0.5) is 11.4 Å². The Morgan fingerprint density at radius 3 is 2.78 bits per heavy atom. The normalized spacial score (nSPS) is 13.1. The molecule has 3 heteroatoms. The zero-order valence-electron chi connectivity index (χ0n) is 13.3. The Balaban J connectivity index is 1.86. The second-order valence-corrected chi connectivity index (χ2v) is 5.84. The van der Waals surface area contributed by atoms with Crippen molar-refractivity contribution in [2.24, 2.45) is 0 Å². The SMILES string of the molecule is CCOc1ccccc1Nc1c2c(nc3ccccc13)CCC2. The summed E-state index contributed by atoms with van der Waals surface area (Å²) in [6, 6.07) is 16.5. The maximum Gasteiger partial charge on any atom is 0.142 e. The van der Waals surface area contributed by atoms with Gasteiger partial charge in [0.05, 0.1) is 23.5 Å². The molecule has 1 aliphatic carbocycles. The highest BCUT2D eigenvalue weighted by atomic mass is 16.5. The number of anilines is 2. The highest BCUT2D eigenvalue weighted by Crippen LogP contribution is 2.37. The number of aryl methyl sites for hydroxylation is 1. The third kappa shape index (κ3) is 2.52. The molecule has 3 nitrogen and oxygen atoms in total. The molecular weight excluding hydrogens is 284 g/mol. The Morgan fingerprint density at radius 1 is 1.04 bits per heavy atom. The first-order valence-corrected chi connectivity index (χ1v) is 8.26. The predicted molar refractivity (Wildman–Crippen MR) is 94.7 cm³/mol. The Morgan fingerprint density at radius 2 is 1.87 bits per heavy atom. The molecule has 116 valence electrons. The largest absolute Gasteiger partial charge is 0.492 e. The van der Waals surface area contributed by atoms with Gasteiger partial charge in [0.2, 0.25) is 0 Å². The molecule has 0 aliphatic heterocycles. The van der Waals surface area contributed by atoms with Crippen molar-refractivity contribution in [3.05, 3.63) is 59.8 Å². The quantitative estimate of drug-likeness (QED) is 0.747. The van der Waals surface area contributed by atoms with E-state index in [2.05, 4.69) is 35.6 Å². The lowest BCUT2D eigenvalue weighted by molar-refractivity contribution is 0.342. The number of fused-ring (bicyclic) bond motifs is 2. The van der Waals surface area contributed by atoms with Crippen molar-refractivity contribution in [1.29, 1.82) is 0 Å². The maximum atomic E-state index is 5.76. The van der Waals surface area contributed by atoms with E-state index in [1.165, 1.54) is 28.8 Å². The van der Waals surface area contributed by atoms with Gasteiger partial charge in [-0.3, -0.25) is 4.98 Å². The van der Waals surface area contributed by atoms with Crippen LogP contribution in [0, 0.1) is 0 Å². The molecular formula is C20H20N2O. The van der Waals surface area contributed by atoms with E-state index in [1.54, 1.807) is 0 Å². The van der Waals surface area contributed by atoms with Crippen LogP contribution in [0.5, 0.6) is 5.75 Å². The van der Waals surface area contributed by atoms with Crippen LogP contribution in [-0.4, -0.2) is 11.6 Å². The van der Waals surface area contributed by atoms with Crippen molar-refractivity contribution in [2.45, 2.75) is 26.2 Å². The average Bonchev–Trinajstić information content (AvgIpc) is 3.05. The minimum absolute atomic E-state index is 0.661. The van der Waals surface area contributed by atoms with Crippen molar-refractivity contribution in [2.75, 3.05) is 11.9 Å². The second-order valence-electron chi connectivity index (χ2n) is 5.84. The van der Waals surface area contributed by atoms with Crippen LogP contribution < -0.4 is 10.1 Å². The standard InChI is InChI=1S/C20H20N2O/c1-2-23-19-13-6-5-11-18(19)22-20-14-8-3-4-10-16(14)21-17-12-7-9-15(17)20/h3-6,8,10-11,13H,2,7,9,12H2,1H3,(H,21,22). The van der Waals surface area contributed by atoms with Gasteiger partial charge in [0.1, 0.15) is 5.75 Å². The summed E-state index contributed by atoms with van der Waals surface area (Å²) in [6.07, 6.45) is 3.34. The first-order chi connectivity index (χ1) is 11.4. The van der Waals surface area contributed by atoms with E-state index in [1.807, 2.05) is 25.1 Å². The number of nitrogens with zero attached hydrogens (tertiary/aromatic N) is 1. The van der Waals surface area contributed by atoms with Gasteiger partial charge < -0.3 is 10.1 Å². The van der Waals surface area contributed by atoms with Crippen LogP contribution in [0.2, 0.25) is 0 Å². The molecule has 0 saturated carbocycles. The van der Waals surface area contributed by atoms with Crippen molar-refractivity contribution >= 4 is 22.3 Å². The highest BCUT2D eigenvalue weighted by Gasteiger charge is 2.20. The van der Waals surface area contributed by atoms with Crippen LogP contribution in [0.1, 0.15) is 24.6 Å². The highest BCUT2D eigenvalue weighted by molar-refractivity contribution is 5.96. The Bertz CT molecular complexity index is 857. The molecule has 1 heterocycles. The van der Waals surface area contributed by atoms with Gasteiger partial charge in [-0.25, -0.2) is 0 Å². The smallest absolute Gasteiger partial charge is 0.142 e. The molecule has 0 radical (unpaired) electrons. The Kier molecular flexibility index (Phi) is 3.62. The molecule has 0 fully saturated rings. The van der Waals surface area contributed by atoms with Crippen LogP contribution in [0.25, 0.3) is 10.9 Å². The maximum absolute atomic E-state index is 5.76. The van der Waals surface area contributed by atoms with E-state index >= 15 is 0 Å². The van der Waals surface area contributed by atoms with Crippen molar-refractivity contribution in [1.82, 2.24) is 4.98 Å². The molecule has 4 rings (SSSR count). The summed E-state index contributed by atoms with van der Waals surface area (Å²) >= 11 is 0. The van der Waals surface area contributed by atoms with Crippen LogP contribution in [-0.2, 0) is 12.8 Å². The number of para-hydroxylation sites is 3. The molecule has 0 bridgehead atoms. The van der Waals surface area contributed by atoms with E-state index < -0.39 is 0 Å². The van der Waals surface area contributed by atoms with E-state index in [-0.39, 0.29) is 0 Å². The van der Waals surface area contributed by atoms with Crippen LogP contribution >= 0.6 is 0 Å². The van der Waals surface area contributed by atoms with Gasteiger partial charge in [-0.15, -0.1) is 0 Å². The van der Waals surface area contributed by atoms with Gasteiger partial charge in [0, 0.05) is 11.1 Å². The summed E-state index contributed by atoms with van der Waals surface area (Å²) in [7, 11) is 0.